The van der Waals surface area contributed by atoms with Crippen molar-refractivity contribution >= 4 is 59.2 Å². The van der Waals surface area contributed by atoms with Crippen LogP contribution in [0.1, 0.15) is 55.8 Å². The number of amides is 7. The number of benzene rings is 1. The Morgan fingerprint density at radius 1 is 0.827 bits per heavy atom. The molecule has 7 amide bonds. The van der Waals surface area contributed by atoms with Gasteiger partial charge < -0.3 is 58.9 Å². The van der Waals surface area contributed by atoms with Gasteiger partial charge in [0.2, 0.25) is 35.4 Å². The number of hydrogen-bond acceptors (Lipinski definition) is 10. The monoisotopic (exact) mass is 732 g/mol. The molecule has 0 bridgehead atoms. The molecular formula is C31H44N10O11. The SMILES string of the molecule is C[C@H](NC(=O)CNC(=O)[C@H](CC(N)=O)NC(=O)C[C@H](NC(=O)[C@H](CCCN=C(N)N)NC(=O)[C@@H]1CCCN1C(=O)c1ccccc1)C(=O)O)C(=O)O. The van der Waals surface area contributed by atoms with Gasteiger partial charge in [-0.05, 0) is 44.7 Å². The first-order valence-electron chi connectivity index (χ1n) is 16.1. The van der Waals surface area contributed by atoms with Crippen molar-refractivity contribution in [3.05, 3.63) is 35.9 Å². The Balaban J connectivity index is 2.14. The van der Waals surface area contributed by atoms with E-state index >= 15 is 0 Å². The molecule has 0 aliphatic carbocycles. The Morgan fingerprint density at radius 2 is 1.50 bits per heavy atom. The minimum atomic E-state index is -1.90. The molecule has 1 aliphatic heterocycles. The van der Waals surface area contributed by atoms with Crippen molar-refractivity contribution in [1.29, 1.82) is 0 Å². The molecule has 1 saturated heterocycles. The van der Waals surface area contributed by atoms with Crippen LogP contribution in [0.3, 0.4) is 0 Å². The summed E-state index contributed by atoms with van der Waals surface area (Å²) in [7, 11) is 0. The number of carbonyl (C=O) groups is 9. The van der Waals surface area contributed by atoms with Crippen LogP contribution in [0.5, 0.6) is 0 Å². The fraction of sp³-hybridized carbons (Fsp3) is 0.484. The van der Waals surface area contributed by atoms with Gasteiger partial charge in [0.1, 0.15) is 30.2 Å². The molecule has 1 aliphatic rings. The molecule has 0 unspecified atom stereocenters. The number of carboxylic acids is 2. The van der Waals surface area contributed by atoms with E-state index in [1.54, 1.807) is 30.3 Å². The minimum Gasteiger partial charge on any atom is -0.480 e. The Hall–Kier alpha value is -6.28. The normalized spacial score (nSPS) is 15.8. The second-order valence-electron chi connectivity index (χ2n) is 11.8. The van der Waals surface area contributed by atoms with E-state index in [1.165, 1.54) is 11.8 Å². The first-order chi connectivity index (χ1) is 24.5. The number of rotatable bonds is 20. The summed E-state index contributed by atoms with van der Waals surface area (Å²) in [5, 5.41) is 29.8. The molecular weight excluding hydrogens is 688 g/mol. The lowest BCUT2D eigenvalue weighted by Gasteiger charge is -2.27. The number of nitrogens with one attached hydrogen (secondary N) is 5. The second-order valence-corrected chi connectivity index (χ2v) is 11.8. The molecule has 5 atom stereocenters. The summed E-state index contributed by atoms with van der Waals surface area (Å²) >= 11 is 0. The fourth-order valence-electron chi connectivity index (χ4n) is 5.04. The zero-order valence-corrected chi connectivity index (χ0v) is 28.3. The molecule has 52 heavy (non-hydrogen) atoms. The molecule has 0 aromatic heterocycles. The highest BCUT2D eigenvalue weighted by Gasteiger charge is 2.37. The molecule has 1 fully saturated rings. The van der Waals surface area contributed by atoms with Crippen LogP contribution in [0.15, 0.2) is 35.3 Å². The van der Waals surface area contributed by atoms with Gasteiger partial charge in [-0.3, -0.25) is 43.3 Å². The first kappa shape index (κ1) is 41.9. The van der Waals surface area contributed by atoms with E-state index in [0.717, 1.165) is 0 Å². The van der Waals surface area contributed by atoms with E-state index in [2.05, 4.69) is 31.6 Å². The zero-order valence-electron chi connectivity index (χ0n) is 28.3. The summed E-state index contributed by atoms with van der Waals surface area (Å²) in [5.74, 6) is -9.40. The molecule has 2 rings (SSSR count). The van der Waals surface area contributed by atoms with E-state index in [4.69, 9.17) is 22.3 Å². The molecule has 21 heteroatoms. The number of nitrogens with zero attached hydrogens (tertiary/aromatic N) is 2. The number of guanidine groups is 1. The van der Waals surface area contributed by atoms with Crippen molar-refractivity contribution in [2.24, 2.45) is 22.2 Å². The van der Waals surface area contributed by atoms with Crippen LogP contribution >= 0.6 is 0 Å². The zero-order chi connectivity index (χ0) is 39.0. The van der Waals surface area contributed by atoms with Crippen molar-refractivity contribution in [3.63, 3.8) is 0 Å². The van der Waals surface area contributed by atoms with Gasteiger partial charge in [0, 0.05) is 18.7 Å². The second kappa shape index (κ2) is 20.4. The highest BCUT2D eigenvalue weighted by Crippen LogP contribution is 2.21. The van der Waals surface area contributed by atoms with Crippen molar-refractivity contribution in [2.75, 3.05) is 19.6 Å². The van der Waals surface area contributed by atoms with Crippen molar-refractivity contribution in [2.45, 2.75) is 75.7 Å². The number of aliphatic carboxylic acids is 2. The van der Waals surface area contributed by atoms with Crippen LogP contribution < -0.4 is 43.8 Å². The van der Waals surface area contributed by atoms with Gasteiger partial charge in [-0.1, -0.05) is 18.2 Å². The van der Waals surface area contributed by atoms with E-state index in [9.17, 15) is 48.3 Å². The molecule has 1 heterocycles. The summed E-state index contributed by atoms with van der Waals surface area (Å²) in [6.07, 6.45) is -0.813. The van der Waals surface area contributed by atoms with E-state index in [0.29, 0.717) is 18.4 Å². The van der Waals surface area contributed by atoms with Gasteiger partial charge in [0.25, 0.3) is 5.91 Å². The Labute approximate surface area is 297 Å². The van der Waals surface area contributed by atoms with Gasteiger partial charge in [0.15, 0.2) is 5.96 Å². The average Bonchev–Trinajstić information content (AvgIpc) is 3.57. The smallest absolute Gasteiger partial charge is 0.326 e. The van der Waals surface area contributed by atoms with Crippen LogP contribution in [0.4, 0.5) is 0 Å². The van der Waals surface area contributed by atoms with Crippen LogP contribution in [0, 0.1) is 0 Å². The van der Waals surface area contributed by atoms with E-state index in [-0.39, 0.29) is 37.8 Å². The molecule has 0 saturated carbocycles. The number of primary amides is 1. The predicted octanol–water partition coefficient (Wildman–Crippen LogP) is -4.15. The minimum absolute atomic E-state index is 0.0539. The quantitative estimate of drug-likeness (QED) is 0.0346. The molecule has 1 aromatic rings. The topological polar surface area (TPSA) is 348 Å². The lowest BCUT2D eigenvalue weighted by molar-refractivity contribution is -0.144. The summed E-state index contributed by atoms with van der Waals surface area (Å²) in [4.78, 5) is 117. The number of hydrogen-bond donors (Lipinski definition) is 10. The van der Waals surface area contributed by atoms with Crippen molar-refractivity contribution in [3.8, 4) is 0 Å². The third-order valence-corrected chi connectivity index (χ3v) is 7.65. The molecule has 1 aromatic carbocycles. The van der Waals surface area contributed by atoms with Crippen LogP contribution in [-0.2, 0) is 38.4 Å². The number of carbonyl (C=O) groups excluding carboxylic acids is 7. The van der Waals surface area contributed by atoms with Crippen molar-refractivity contribution in [1.82, 2.24) is 31.5 Å². The number of nitrogens with two attached hydrogens (primary N) is 3. The summed E-state index contributed by atoms with van der Waals surface area (Å²) < 4.78 is 0. The molecule has 13 N–H and O–H groups in total. The Kier molecular flexibility index (Phi) is 16.4. The third-order valence-electron chi connectivity index (χ3n) is 7.65. The third kappa shape index (κ3) is 13.9. The van der Waals surface area contributed by atoms with Gasteiger partial charge in [-0.2, -0.15) is 0 Å². The molecule has 0 spiro atoms. The number of carboxylic acid groups (broad SMARTS) is 2. The number of aliphatic imine (C=N–C) groups is 1. The van der Waals surface area contributed by atoms with E-state index < -0.39 is 97.0 Å². The molecule has 21 nitrogen and oxygen atoms in total. The largest absolute Gasteiger partial charge is 0.480 e. The first-order valence-corrected chi connectivity index (χ1v) is 16.1. The van der Waals surface area contributed by atoms with Gasteiger partial charge >= 0.3 is 11.9 Å². The maximum absolute atomic E-state index is 13.4. The Bertz CT molecular complexity index is 1530. The van der Waals surface area contributed by atoms with Gasteiger partial charge in [-0.25, -0.2) is 4.79 Å². The summed E-state index contributed by atoms with van der Waals surface area (Å²) in [5.41, 5.74) is 16.2. The maximum Gasteiger partial charge on any atom is 0.326 e. The predicted molar refractivity (Wildman–Crippen MR) is 181 cm³/mol. The van der Waals surface area contributed by atoms with Gasteiger partial charge in [-0.15, -0.1) is 0 Å². The fourth-order valence-corrected chi connectivity index (χ4v) is 5.04. The van der Waals surface area contributed by atoms with E-state index in [1.807, 2.05) is 0 Å². The molecule has 284 valence electrons. The van der Waals surface area contributed by atoms with Crippen LogP contribution in [-0.4, -0.2) is 124 Å². The standard InChI is InChI=1S/C31H44N10O11/c1-16(29(49)50)37-24(44)15-36-25(45)19(13-22(32)42)38-23(43)14-20(30(51)52)40-26(46)18(9-5-11-35-31(33)34)39-27(47)21-10-6-12-41(21)28(48)17-7-3-2-4-8-17/h2-4,7-8,16,18-21H,5-6,9-15H2,1H3,(H2,32,42)(H,36,45)(H,37,44)(H,38,43)(H,39,47)(H,40,46)(H,49,50)(H,51,52)(H4,33,34,35)/t16-,18-,19-,20-,21-/m0/s1. The van der Waals surface area contributed by atoms with Crippen LogP contribution in [0.25, 0.3) is 0 Å². The van der Waals surface area contributed by atoms with Crippen LogP contribution in [0.2, 0.25) is 0 Å². The highest BCUT2D eigenvalue weighted by atomic mass is 16.4. The van der Waals surface area contributed by atoms with Gasteiger partial charge in [0.05, 0.1) is 19.4 Å². The average molecular weight is 733 g/mol. The lowest BCUT2D eigenvalue weighted by atomic mass is 10.1. The maximum atomic E-state index is 13.4. The molecule has 0 radical (unpaired) electrons. The van der Waals surface area contributed by atoms with Crippen molar-refractivity contribution < 1.29 is 53.4 Å². The lowest BCUT2D eigenvalue weighted by Crippen LogP contribution is -2.56. The summed E-state index contributed by atoms with van der Waals surface area (Å²) in [6, 6.07) is 1.16. The number of likely N-dealkylation sites (tertiary alicyclic amines) is 1. The summed E-state index contributed by atoms with van der Waals surface area (Å²) in [6.45, 7) is 0.787. The highest BCUT2D eigenvalue weighted by molar-refractivity contribution is 5.99. The Morgan fingerprint density at radius 3 is 2.10 bits per heavy atom.